The van der Waals surface area contributed by atoms with Gasteiger partial charge in [-0.1, -0.05) is 0 Å². The van der Waals surface area contributed by atoms with Crippen LogP contribution in [0.4, 0.5) is 5.95 Å². The summed E-state index contributed by atoms with van der Waals surface area (Å²) < 4.78 is 0. The molecule has 0 radical (unpaired) electrons. The Morgan fingerprint density at radius 3 is 2.50 bits per heavy atom. The van der Waals surface area contributed by atoms with E-state index >= 15 is 0 Å². The molecule has 1 rings (SSSR count). The van der Waals surface area contributed by atoms with E-state index in [4.69, 9.17) is 11.6 Å². The van der Waals surface area contributed by atoms with Crippen LogP contribution < -0.4 is 4.90 Å². The second-order valence-electron chi connectivity index (χ2n) is 3.18. The van der Waals surface area contributed by atoms with E-state index in [1.807, 2.05) is 19.3 Å². The minimum atomic E-state index is 0.683. The summed E-state index contributed by atoms with van der Waals surface area (Å²) in [5, 5.41) is 0. The minimum Gasteiger partial charge on any atom is -0.341 e. The predicted octanol–water partition coefficient (Wildman–Crippen LogP) is 2.24. The number of rotatable bonds is 5. The molecule has 4 heteroatoms. The third-order valence-electron chi connectivity index (χ3n) is 1.99. The first-order chi connectivity index (χ1) is 6.77. The molecule has 1 heterocycles. The van der Waals surface area contributed by atoms with Gasteiger partial charge in [0.25, 0.3) is 0 Å². The van der Waals surface area contributed by atoms with Crippen LogP contribution in [0.25, 0.3) is 0 Å². The van der Waals surface area contributed by atoms with E-state index < -0.39 is 0 Å². The molecule has 1 aromatic rings. The van der Waals surface area contributed by atoms with Gasteiger partial charge in [0, 0.05) is 31.4 Å². The summed E-state index contributed by atoms with van der Waals surface area (Å²) in [5.74, 6) is 1.48. The standard InChI is InChI=1S/C10H16ClN3/c1-3-14(6-4-5-11)10-12-7-9(2)8-13-10/h7-8H,3-6H2,1-2H3. The van der Waals surface area contributed by atoms with Crippen LogP contribution in [0, 0.1) is 6.92 Å². The van der Waals surface area contributed by atoms with Gasteiger partial charge in [-0.15, -0.1) is 11.6 Å². The Morgan fingerprint density at radius 2 is 2.00 bits per heavy atom. The second-order valence-corrected chi connectivity index (χ2v) is 3.56. The van der Waals surface area contributed by atoms with Crippen LogP contribution in [0.15, 0.2) is 12.4 Å². The summed E-state index contributed by atoms with van der Waals surface area (Å²) in [4.78, 5) is 10.7. The van der Waals surface area contributed by atoms with Gasteiger partial charge in [-0.05, 0) is 25.8 Å². The molecular weight excluding hydrogens is 198 g/mol. The Bertz CT molecular complexity index is 261. The number of anilines is 1. The smallest absolute Gasteiger partial charge is 0.225 e. The average molecular weight is 214 g/mol. The molecule has 0 aliphatic heterocycles. The van der Waals surface area contributed by atoms with Crippen LogP contribution in [0.2, 0.25) is 0 Å². The van der Waals surface area contributed by atoms with Crippen molar-refractivity contribution in [2.75, 3.05) is 23.9 Å². The first-order valence-electron chi connectivity index (χ1n) is 4.87. The van der Waals surface area contributed by atoms with Crippen LogP contribution in [0.3, 0.4) is 0 Å². The van der Waals surface area contributed by atoms with Crippen LogP contribution in [0.5, 0.6) is 0 Å². The van der Waals surface area contributed by atoms with Gasteiger partial charge in [0.2, 0.25) is 5.95 Å². The average Bonchev–Trinajstić information content (AvgIpc) is 2.21. The largest absolute Gasteiger partial charge is 0.341 e. The molecular formula is C10H16ClN3. The molecule has 0 fully saturated rings. The molecule has 0 aromatic carbocycles. The number of alkyl halides is 1. The lowest BCUT2D eigenvalue weighted by Crippen LogP contribution is -2.26. The van der Waals surface area contributed by atoms with Gasteiger partial charge >= 0.3 is 0 Å². The van der Waals surface area contributed by atoms with E-state index in [1.54, 1.807) is 0 Å². The van der Waals surface area contributed by atoms with Gasteiger partial charge in [-0.2, -0.15) is 0 Å². The molecule has 0 amide bonds. The maximum Gasteiger partial charge on any atom is 0.225 e. The minimum absolute atomic E-state index is 0.683. The first-order valence-corrected chi connectivity index (χ1v) is 5.41. The Kier molecular flexibility index (Phi) is 4.66. The van der Waals surface area contributed by atoms with E-state index in [2.05, 4.69) is 21.8 Å². The lowest BCUT2D eigenvalue weighted by Gasteiger charge is -2.19. The molecule has 78 valence electrons. The quantitative estimate of drug-likeness (QED) is 0.703. The fourth-order valence-electron chi connectivity index (χ4n) is 1.20. The molecule has 0 bridgehead atoms. The molecule has 0 aliphatic carbocycles. The van der Waals surface area contributed by atoms with Crippen molar-refractivity contribution in [1.82, 2.24) is 9.97 Å². The van der Waals surface area contributed by atoms with Crippen molar-refractivity contribution in [1.29, 1.82) is 0 Å². The summed E-state index contributed by atoms with van der Waals surface area (Å²) in [6, 6.07) is 0. The van der Waals surface area contributed by atoms with Crippen molar-refractivity contribution in [3.8, 4) is 0 Å². The van der Waals surface area contributed by atoms with Gasteiger partial charge in [0.1, 0.15) is 0 Å². The topological polar surface area (TPSA) is 29.0 Å². The highest BCUT2D eigenvalue weighted by atomic mass is 35.5. The number of halogens is 1. The van der Waals surface area contributed by atoms with Crippen molar-refractivity contribution in [2.45, 2.75) is 20.3 Å². The SMILES string of the molecule is CCN(CCCCl)c1ncc(C)cn1. The highest BCUT2D eigenvalue weighted by Gasteiger charge is 2.05. The fraction of sp³-hybridized carbons (Fsp3) is 0.600. The highest BCUT2D eigenvalue weighted by Crippen LogP contribution is 2.07. The highest BCUT2D eigenvalue weighted by molar-refractivity contribution is 6.17. The zero-order valence-electron chi connectivity index (χ0n) is 8.70. The number of nitrogens with zero attached hydrogens (tertiary/aromatic N) is 3. The first kappa shape index (κ1) is 11.2. The summed E-state index contributed by atoms with van der Waals surface area (Å²) in [6.45, 7) is 5.92. The van der Waals surface area contributed by atoms with E-state index in [0.717, 1.165) is 31.0 Å². The molecule has 0 saturated heterocycles. The van der Waals surface area contributed by atoms with Crippen molar-refractivity contribution >= 4 is 17.5 Å². The zero-order valence-corrected chi connectivity index (χ0v) is 9.46. The normalized spacial score (nSPS) is 10.2. The summed E-state index contributed by atoms with van der Waals surface area (Å²) in [7, 11) is 0. The third-order valence-corrected chi connectivity index (χ3v) is 2.26. The molecule has 0 unspecified atom stereocenters. The maximum atomic E-state index is 5.65. The number of hydrogen-bond acceptors (Lipinski definition) is 3. The van der Waals surface area contributed by atoms with Crippen LogP contribution in [-0.2, 0) is 0 Å². The maximum absolute atomic E-state index is 5.65. The van der Waals surface area contributed by atoms with Crippen molar-refractivity contribution in [2.24, 2.45) is 0 Å². The van der Waals surface area contributed by atoms with Crippen LogP contribution >= 0.6 is 11.6 Å². The van der Waals surface area contributed by atoms with E-state index in [9.17, 15) is 0 Å². The van der Waals surface area contributed by atoms with E-state index in [-0.39, 0.29) is 0 Å². The van der Waals surface area contributed by atoms with Crippen molar-refractivity contribution in [3.05, 3.63) is 18.0 Å². The lowest BCUT2D eigenvalue weighted by atomic mass is 10.4. The summed E-state index contributed by atoms with van der Waals surface area (Å²) >= 11 is 5.65. The summed E-state index contributed by atoms with van der Waals surface area (Å²) in [6.07, 6.45) is 4.64. The van der Waals surface area contributed by atoms with E-state index in [0.29, 0.717) is 5.88 Å². The van der Waals surface area contributed by atoms with Gasteiger partial charge in [-0.25, -0.2) is 9.97 Å². The Hall–Kier alpha value is -0.830. The Labute approximate surface area is 90.1 Å². The van der Waals surface area contributed by atoms with Gasteiger partial charge < -0.3 is 4.90 Å². The molecule has 0 aliphatic rings. The second kappa shape index (κ2) is 5.81. The predicted molar refractivity (Wildman–Crippen MR) is 60.0 cm³/mol. The van der Waals surface area contributed by atoms with Gasteiger partial charge in [-0.3, -0.25) is 0 Å². The summed E-state index contributed by atoms with van der Waals surface area (Å²) in [5.41, 5.74) is 1.09. The molecule has 0 atom stereocenters. The van der Waals surface area contributed by atoms with Crippen LogP contribution in [-0.4, -0.2) is 28.9 Å². The zero-order chi connectivity index (χ0) is 10.4. The third kappa shape index (κ3) is 3.14. The van der Waals surface area contributed by atoms with Crippen molar-refractivity contribution < 1.29 is 0 Å². The molecule has 0 N–H and O–H groups in total. The Balaban J connectivity index is 2.64. The van der Waals surface area contributed by atoms with Gasteiger partial charge in [0.15, 0.2) is 0 Å². The van der Waals surface area contributed by atoms with Crippen molar-refractivity contribution in [3.63, 3.8) is 0 Å². The molecule has 14 heavy (non-hydrogen) atoms. The molecule has 0 saturated carbocycles. The Morgan fingerprint density at radius 1 is 1.36 bits per heavy atom. The lowest BCUT2D eigenvalue weighted by molar-refractivity contribution is 0.763. The number of aryl methyl sites for hydroxylation is 1. The van der Waals surface area contributed by atoms with Crippen LogP contribution in [0.1, 0.15) is 18.9 Å². The number of aromatic nitrogens is 2. The molecule has 1 aromatic heterocycles. The van der Waals surface area contributed by atoms with E-state index in [1.165, 1.54) is 0 Å². The monoisotopic (exact) mass is 213 g/mol. The molecule has 0 spiro atoms. The number of hydrogen-bond donors (Lipinski definition) is 0. The van der Waals surface area contributed by atoms with Gasteiger partial charge in [0.05, 0.1) is 0 Å². The molecule has 3 nitrogen and oxygen atoms in total. The fourth-order valence-corrected chi connectivity index (χ4v) is 1.32.